The van der Waals surface area contributed by atoms with Crippen molar-refractivity contribution in [2.75, 3.05) is 13.1 Å². The highest BCUT2D eigenvalue weighted by Crippen LogP contribution is 2.20. The summed E-state index contributed by atoms with van der Waals surface area (Å²) >= 11 is 0. The Morgan fingerprint density at radius 1 is 1.67 bits per heavy atom. The number of likely N-dealkylation sites (tertiary alicyclic amines) is 1. The van der Waals surface area contributed by atoms with Crippen molar-refractivity contribution in [2.24, 2.45) is 11.1 Å². The van der Waals surface area contributed by atoms with E-state index in [0.717, 1.165) is 38.1 Å². The lowest BCUT2D eigenvalue weighted by atomic mass is 9.92. The number of oxime groups is 1. The van der Waals surface area contributed by atoms with Gasteiger partial charge in [0.05, 0.1) is 17.8 Å². The summed E-state index contributed by atoms with van der Waals surface area (Å²) in [5.74, 6) is 0.311. The molecule has 1 fully saturated rings. The van der Waals surface area contributed by atoms with Crippen LogP contribution in [0.4, 0.5) is 0 Å². The van der Waals surface area contributed by atoms with Gasteiger partial charge >= 0.3 is 0 Å². The number of piperidine rings is 1. The van der Waals surface area contributed by atoms with E-state index < -0.39 is 0 Å². The quantitative estimate of drug-likeness (QED) is 0.570. The summed E-state index contributed by atoms with van der Waals surface area (Å²) in [4.78, 5) is 2.20. The van der Waals surface area contributed by atoms with Crippen molar-refractivity contribution >= 4 is 5.71 Å². The minimum absolute atomic E-state index is 0.0132. The second kappa shape index (κ2) is 5.72. The van der Waals surface area contributed by atoms with Gasteiger partial charge in [-0.1, -0.05) is 19.0 Å². The summed E-state index contributed by atoms with van der Waals surface area (Å²) in [5, 5.41) is 21.2. The number of rotatable bonds is 3. The molecule has 15 heavy (non-hydrogen) atoms. The van der Waals surface area contributed by atoms with Gasteiger partial charge in [-0.05, 0) is 12.8 Å². The molecule has 0 amide bonds. The Balaban J connectivity index is 2.64. The fraction of sp³-hybridized carbons (Fsp3) is 0.818. The molecule has 1 aliphatic heterocycles. The minimum Gasteiger partial charge on any atom is -0.411 e. The predicted octanol–water partition coefficient (Wildman–Crippen LogP) is 1.85. The predicted molar refractivity (Wildman–Crippen MR) is 58.9 cm³/mol. The summed E-state index contributed by atoms with van der Waals surface area (Å²) in [6.07, 6.45) is 2.61. The topological polar surface area (TPSA) is 59.6 Å². The largest absolute Gasteiger partial charge is 0.411 e. The first-order valence-corrected chi connectivity index (χ1v) is 5.61. The van der Waals surface area contributed by atoms with Crippen LogP contribution in [0.1, 0.15) is 33.1 Å². The lowest BCUT2D eigenvalue weighted by Crippen LogP contribution is -2.45. The van der Waals surface area contributed by atoms with Crippen LogP contribution in [0, 0.1) is 17.2 Å². The van der Waals surface area contributed by atoms with Gasteiger partial charge in [0.1, 0.15) is 0 Å². The Labute approximate surface area is 91.2 Å². The maximum atomic E-state index is 8.99. The average Bonchev–Trinajstić information content (AvgIpc) is 2.30. The number of hydrogen-bond donors (Lipinski definition) is 1. The van der Waals surface area contributed by atoms with Crippen LogP contribution in [0.2, 0.25) is 0 Å². The van der Waals surface area contributed by atoms with E-state index in [1.807, 2.05) is 6.92 Å². The highest BCUT2D eigenvalue weighted by molar-refractivity contribution is 5.87. The highest BCUT2D eigenvalue weighted by Gasteiger charge is 2.28. The molecule has 1 saturated heterocycles. The van der Waals surface area contributed by atoms with Crippen molar-refractivity contribution in [3.8, 4) is 6.07 Å². The molecule has 0 saturated carbocycles. The standard InChI is InChI=1S/C11H19N3O/c1-3-9-8-14(10(4-2)7-12)6-5-11(9)13-15/h9-10,15H,3-6,8H2,1-2H3. The monoisotopic (exact) mass is 209 g/mol. The van der Waals surface area contributed by atoms with Crippen LogP contribution >= 0.6 is 0 Å². The van der Waals surface area contributed by atoms with Crippen LogP contribution < -0.4 is 0 Å². The van der Waals surface area contributed by atoms with Gasteiger partial charge in [0, 0.05) is 25.4 Å². The molecular formula is C11H19N3O. The molecule has 1 rings (SSSR count). The van der Waals surface area contributed by atoms with E-state index in [4.69, 9.17) is 10.5 Å². The smallest absolute Gasteiger partial charge is 0.0975 e. The first-order chi connectivity index (χ1) is 7.26. The van der Waals surface area contributed by atoms with Gasteiger partial charge in [-0.15, -0.1) is 0 Å². The van der Waals surface area contributed by atoms with Crippen molar-refractivity contribution < 1.29 is 5.21 Å². The Morgan fingerprint density at radius 3 is 2.87 bits per heavy atom. The summed E-state index contributed by atoms with van der Waals surface area (Å²) in [7, 11) is 0. The Kier molecular flexibility index (Phi) is 4.57. The number of nitrogens with zero attached hydrogens (tertiary/aromatic N) is 3. The Hall–Kier alpha value is -1.08. The number of nitriles is 1. The summed E-state index contributed by atoms with van der Waals surface area (Å²) in [5.41, 5.74) is 0.890. The van der Waals surface area contributed by atoms with E-state index >= 15 is 0 Å². The molecule has 2 atom stereocenters. The van der Waals surface area contributed by atoms with Crippen LogP contribution in [0.25, 0.3) is 0 Å². The van der Waals surface area contributed by atoms with Gasteiger partial charge in [0.2, 0.25) is 0 Å². The van der Waals surface area contributed by atoms with E-state index in [9.17, 15) is 0 Å². The third-order valence-corrected chi connectivity index (χ3v) is 3.18. The number of hydrogen-bond acceptors (Lipinski definition) is 4. The summed E-state index contributed by atoms with van der Waals surface area (Å²) in [6, 6.07) is 2.34. The van der Waals surface area contributed by atoms with Crippen molar-refractivity contribution in [1.82, 2.24) is 4.90 Å². The molecule has 1 heterocycles. The first kappa shape index (κ1) is 12.0. The maximum Gasteiger partial charge on any atom is 0.0975 e. The van der Waals surface area contributed by atoms with Gasteiger partial charge in [-0.25, -0.2) is 0 Å². The third kappa shape index (κ3) is 2.69. The van der Waals surface area contributed by atoms with E-state index in [2.05, 4.69) is 23.0 Å². The molecule has 0 aromatic heterocycles. The van der Waals surface area contributed by atoms with Crippen molar-refractivity contribution in [1.29, 1.82) is 5.26 Å². The molecule has 0 aromatic rings. The minimum atomic E-state index is 0.0132. The van der Waals surface area contributed by atoms with Gasteiger partial charge in [-0.3, -0.25) is 4.90 Å². The second-order valence-corrected chi connectivity index (χ2v) is 3.99. The van der Waals surface area contributed by atoms with E-state index in [0.29, 0.717) is 5.92 Å². The van der Waals surface area contributed by atoms with Gasteiger partial charge < -0.3 is 5.21 Å². The summed E-state index contributed by atoms with van der Waals surface area (Å²) < 4.78 is 0. The van der Waals surface area contributed by atoms with E-state index in [1.54, 1.807) is 0 Å². The van der Waals surface area contributed by atoms with Crippen LogP contribution in [0.15, 0.2) is 5.16 Å². The van der Waals surface area contributed by atoms with Crippen molar-refractivity contribution in [3.05, 3.63) is 0 Å². The molecule has 4 nitrogen and oxygen atoms in total. The lowest BCUT2D eigenvalue weighted by molar-refractivity contribution is 0.193. The fourth-order valence-corrected chi connectivity index (χ4v) is 2.15. The van der Waals surface area contributed by atoms with E-state index in [-0.39, 0.29) is 6.04 Å². The van der Waals surface area contributed by atoms with Crippen molar-refractivity contribution in [2.45, 2.75) is 39.2 Å². The zero-order chi connectivity index (χ0) is 11.3. The Bertz CT molecular complexity index is 269. The molecule has 0 bridgehead atoms. The van der Waals surface area contributed by atoms with Crippen LogP contribution in [0.3, 0.4) is 0 Å². The molecule has 0 spiro atoms. The zero-order valence-electron chi connectivity index (χ0n) is 9.48. The second-order valence-electron chi connectivity index (χ2n) is 3.99. The molecule has 0 radical (unpaired) electrons. The molecule has 84 valence electrons. The summed E-state index contributed by atoms with van der Waals surface area (Å²) in [6.45, 7) is 5.81. The third-order valence-electron chi connectivity index (χ3n) is 3.18. The fourth-order valence-electron chi connectivity index (χ4n) is 2.15. The van der Waals surface area contributed by atoms with Crippen LogP contribution in [-0.2, 0) is 0 Å². The zero-order valence-corrected chi connectivity index (χ0v) is 9.48. The van der Waals surface area contributed by atoms with Crippen molar-refractivity contribution in [3.63, 3.8) is 0 Å². The van der Waals surface area contributed by atoms with Gasteiger partial charge in [0.25, 0.3) is 0 Å². The lowest BCUT2D eigenvalue weighted by Gasteiger charge is -2.35. The molecular weight excluding hydrogens is 190 g/mol. The highest BCUT2D eigenvalue weighted by atomic mass is 16.4. The molecule has 1 aliphatic rings. The van der Waals surface area contributed by atoms with Gasteiger partial charge in [-0.2, -0.15) is 5.26 Å². The molecule has 0 aliphatic carbocycles. The van der Waals surface area contributed by atoms with Crippen LogP contribution in [-0.4, -0.2) is 35.0 Å². The molecule has 4 heteroatoms. The average molecular weight is 209 g/mol. The SMILES string of the molecule is CCC1CN(C(C#N)CC)CCC1=NO. The van der Waals surface area contributed by atoms with E-state index in [1.165, 1.54) is 0 Å². The van der Waals surface area contributed by atoms with Crippen LogP contribution in [0.5, 0.6) is 0 Å². The molecule has 0 aromatic carbocycles. The first-order valence-electron chi connectivity index (χ1n) is 5.61. The molecule has 1 N–H and O–H groups in total. The van der Waals surface area contributed by atoms with Gasteiger partial charge in [0.15, 0.2) is 0 Å². The Morgan fingerprint density at radius 2 is 2.40 bits per heavy atom. The molecule has 2 unspecified atom stereocenters. The maximum absolute atomic E-state index is 8.99. The normalized spacial score (nSPS) is 27.5.